The molecule has 2 rings (SSSR count). The normalized spacial score (nSPS) is 10.8. The number of rotatable bonds is 1. The summed E-state index contributed by atoms with van der Waals surface area (Å²) < 4.78 is 52.9. The van der Waals surface area contributed by atoms with Crippen LogP contribution in [0.3, 0.4) is 0 Å². The van der Waals surface area contributed by atoms with Crippen molar-refractivity contribution in [1.82, 2.24) is 4.98 Å². The van der Waals surface area contributed by atoms with Crippen LogP contribution in [0.4, 0.5) is 17.6 Å². The molecule has 0 unspecified atom stereocenters. The molecule has 1 heterocycles. The number of hydrogen-bond donors (Lipinski definition) is 0. The summed E-state index contributed by atoms with van der Waals surface area (Å²) in [6, 6.07) is 3.65. The Kier molecular flexibility index (Phi) is 3.45. The van der Waals surface area contributed by atoms with E-state index in [1.54, 1.807) is 0 Å². The molecule has 0 radical (unpaired) electrons. The van der Waals surface area contributed by atoms with Crippen molar-refractivity contribution in [3.05, 3.63) is 51.8 Å². The standard InChI is InChI=1S/C11H3Cl2F4N/c12-4-1-2-5(6(13)3-4)7-8(14)10(16)18-11(17)9(7)15/h1-3H. The summed E-state index contributed by atoms with van der Waals surface area (Å²) in [7, 11) is 0. The zero-order valence-electron chi connectivity index (χ0n) is 8.45. The van der Waals surface area contributed by atoms with E-state index in [4.69, 9.17) is 23.2 Å². The van der Waals surface area contributed by atoms with E-state index in [2.05, 4.69) is 4.98 Å². The van der Waals surface area contributed by atoms with Gasteiger partial charge in [0.05, 0.1) is 10.6 Å². The number of benzene rings is 1. The van der Waals surface area contributed by atoms with Crippen LogP contribution in [0.2, 0.25) is 10.0 Å². The third-order valence-electron chi connectivity index (χ3n) is 2.20. The van der Waals surface area contributed by atoms with Gasteiger partial charge in [0.1, 0.15) is 0 Å². The van der Waals surface area contributed by atoms with Crippen LogP contribution in [0.1, 0.15) is 0 Å². The van der Waals surface area contributed by atoms with Gasteiger partial charge in [0.2, 0.25) is 0 Å². The first-order valence-corrected chi connectivity index (χ1v) is 5.33. The van der Waals surface area contributed by atoms with Gasteiger partial charge in [-0.15, -0.1) is 0 Å². The number of nitrogens with zero attached hydrogens (tertiary/aromatic N) is 1. The van der Waals surface area contributed by atoms with E-state index >= 15 is 0 Å². The molecule has 0 aliphatic rings. The van der Waals surface area contributed by atoms with Gasteiger partial charge < -0.3 is 0 Å². The lowest BCUT2D eigenvalue weighted by Crippen LogP contribution is -2.03. The molecule has 18 heavy (non-hydrogen) atoms. The molecule has 0 amide bonds. The van der Waals surface area contributed by atoms with Gasteiger partial charge in [0.15, 0.2) is 11.6 Å². The lowest BCUT2D eigenvalue weighted by Gasteiger charge is -2.08. The SMILES string of the molecule is Fc1nc(F)c(F)c(-c2ccc(Cl)cc2Cl)c1F. The number of hydrogen-bond acceptors (Lipinski definition) is 1. The molecule has 2 aromatic rings. The number of halogens is 6. The van der Waals surface area contributed by atoms with Crippen molar-refractivity contribution < 1.29 is 17.6 Å². The summed E-state index contributed by atoms with van der Waals surface area (Å²) in [5.74, 6) is -6.71. The summed E-state index contributed by atoms with van der Waals surface area (Å²) in [4.78, 5) is 2.45. The molecule has 0 atom stereocenters. The molecule has 1 nitrogen and oxygen atoms in total. The molecule has 94 valence electrons. The highest BCUT2D eigenvalue weighted by molar-refractivity contribution is 6.36. The van der Waals surface area contributed by atoms with Gasteiger partial charge in [0.25, 0.3) is 11.9 Å². The van der Waals surface area contributed by atoms with Gasteiger partial charge in [-0.25, -0.2) is 8.78 Å². The maximum Gasteiger partial charge on any atom is 0.252 e. The Bertz CT molecular complexity index is 605. The Labute approximate surface area is 109 Å². The van der Waals surface area contributed by atoms with E-state index in [1.165, 1.54) is 12.1 Å². The molecule has 0 aliphatic heterocycles. The fourth-order valence-corrected chi connectivity index (χ4v) is 1.92. The van der Waals surface area contributed by atoms with Gasteiger partial charge in [-0.05, 0) is 12.1 Å². The molecular formula is C11H3Cl2F4N. The Morgan fingerprint density at radius 1 is 0.889 bits per heavy atom. The molecule has 0 saturated heterocycles. The Hall–Kier alpha value is -1.33. The summed E-state index contributed by atoms with van der Waals surface area (Å²) in [5.41, 5.74) is -1.13. The van der Waals surface area contributed by atoms with Gasteiger partial charge in [-0.2, -0.15) is 13.8 Å². The van der Waals surface area contributed by atoms with Gasteiger partial charge >= 0.3 is 0 Å². The van der Waals surface area contributed by atoms with Gasteiger partial charge in [-0.3, -0.25) is 0 Å². The fraction of sp³-hybridized carbons (Fsp3) is 0. The monoisotopic (exact) mass is 295 g/mol. The Balaban J connectivity index is 2.78. The van der Waals surface area contributed by atoms with E-state index in [9.17, 15) is 17.6 Å². The quantitative estimate of drug-likeness (QED) is 0.553. The Morgan fingerprint density at radius 2 is 1.44 bits per heavy atom. The smallest absolute Gasteiger partial charge is 0.201 e. The molecule has 1 aromatic carbocycles. The summed E-state index contributed by atoms with van der Waals surface area (Å²) >= 11 is 11.3. The predicted octanol–water partition coefficient (Wildman–Crippen LogP) is 4.61. The molecule has 0 N–H and O–H groups in total. The zero-order valence-corrected chi connectivity index (χ0v) is 9.96. The van der Waals surface area contributed by atoms with Crippen molar-refractivity contribution in [2.45, 2.75) is 0 Å². The zero-order chi connectivity index (χ0) is 13.4. The van der Waals surface area contributed by atoms with Crippen LogP contribution in [0.5, 0.6) is 0 Å². The first-order valence-electron chi connectivity index (χ1n) is 4.57. The van der Waals surface area contributed by atoms with Crippen molar-refractivity contribution in [2.75, 3.05) is 0 Å². The highest BCUT2D eigenvalue weighted by atomic mass is 35.5. The first kappa shape index (κ1) is 13.1. The van der Waals surface area contributed by atoms with E-state index in [-0.39, 0.29) is 15.6 Å². The van der Waals surface area contributed by atoms with E-state index in [0.717, 1.165) is 6.07 Å². The van der Waals surface area contributed by atoms with Crippen molar-refractivity contribution in [3.63, 3.8) is 0 Å². The third-order valence-corrected chi connectivity index (χ3v) is 2.75. The minimum absolute atomic E-state index is 0.134. The summed E-state index contributed by atoms with van der Waals surface area (Å²) in [6.45, 7) is 0. The molecule has 1 aromatic heterocycles. The highest BCUT2D eigenvalue weighted by Gasteiger charge is 2.23. The molecule has 7 heteroatoms. The minimum Gasteiger partial charge on any atom is -0.201 e. The number of aromatic nitrogens is 1. The molecule has 0 saturated carbocycles. The maximum atomic E-state index is 13.5. The van der Waals surface area contributed by atoms with Crippen LogP contribution in [0.15, 0.2) is 18.2 Å². The van der Waals surface area contributed by atoms with Crippen LogP contribution in [-0.4, -0.2) is 4.98 Å². The maximum absolute atomic E-state index is 13.5. The number of pyridine rings is 1. The average molecular weight is 296 g/mol. The molecule has 0 fully saturated rings. The van der Waals surface area contributed by atoms with Crippen LogP contribution >= 0.6 is 23.2 Å². The summed E-state index contributed by atoms with van der Waals surface area (Å²) in [5, 5.41) is 0.0878. The predicted molar refractivity (Wildman–Crippen MR) is 59.5 cm³/mol. The van der Waals surface area contributed by atoms with Crippen molar-refractivity contribution in [1.29, 1.82) is 0 Å². The first-order chi connectivity index (χ1) is 8.41. The van der Waals surface area contributed by atoms with E-state index in [0.29, 0.717) is 0 Å². The molecular weight excluding hydrogens is 293 g/mol. The van der Waals surface area contributed by atoms with Gasteiger partial charge in [-0.1, -0.05) is 29.3 Å². The largest absolute Gasteiger partial charge is 0.252 e. The van der Waals surface area contributed by atoms with Crippen LogP contribution in [0, 0.1) is 23.5 Å². The Morgan fingerprint density at radius 3 is 1.94 bits per heavy atom. The second-order valence-corrected chi connectivity index (χ2v) is 4.16. The second-order valence-electron chi connectivity index (χ2n) is 3.32. The van der Waals surface area contributed by atoms with Crippen molar-refractivity contribution in [2.24, 2.45) is 0 Å². The highest BCUT2D eigenvalue weighted by Crippen LogP contribution is 2.34. The van der Waals surface area contributed by atoms with Crippen molar-refractivity contribution >= 4 is 23.2 Å². The lowest BCUT2D eigenvalue weighted by atomic mass is 10.1. The molecule has 0 aliphatic carbocycles. The van der Waals surface area contributed by atoms with Crippen LogP contribution < -0.4 is 0 Å². The third kappa shape index (κ3) is 2.15. The minimum atomic E-state index is -1.74. The molecule has 0 spiro atoms. The molecule has 0 bridgehead atoms. The van der Waals surface area contributed by atoms with E-state index in [1.807, 2.05) is 0 Å². The topological polar surface area (TPSA) is 12.9 Å². The fourth-order valence-electron chi connectivity index (χ4n) is 1.42. The lowest BCUT2D eigenvalue weighted by molar-refractivity contribution is 0.410. The van der Waals surface area contributed by atoms with Crippen LogP contribution in [0.25, 0.3) is 11.1 Å². The van der Waals surface area contributed by atoms with Crippen molar-refractivity contribution in [3.8, 4) is 11.1 Å². The van der Waals surface area contributed by atoms with E-state index < -0.39 is 29.1 Å². The van der Waals surface area contributed by atoms with Gasteiger partial charge in [0, 0.05) is 10.6 Å². The summed E-state index contributed by atoms with van der Waals surface area (Å²) in [6.07, 6.45) is 0. The van der Waals surface area contributed by atoms with Crippen LogP contribution in [-0.2, 0) is 0 Å². The second kappa shape index (κ2) is 4.74. The average Bonchev–Trinajstić information content (AvgIpc) is 2.29.